The fourth-order valence-electron chi connectivity index (χ4n) is 2.63. The van der Waals surface area contributed by atoms with Crippen molar-refractivity contribution in [2.45, 2.75) is 44.0 Å². The number of nitrogens with one attached hydrogen (secondary N) is 1. The number of sulfonamides is 1. The van der Waals surface area contributed by atoms with Crippen LogP contribution in [-0.2, 0) is 21.2 Å². The van der Waals surface area contributed by atoms with E-state index in [1.165, 1.54) is 4.31 Å². The van der Waals surface area contributed by atoms with Gasteiger partial charge in [-0.1, -0.05) is 19.1 Å². The molecule has 0 saturated carbocycles. The average molecular weight is 340 g/mol. The van der Waals surface area contributed by atoms with E-state index in [4.69, 9.17) is 4.74 Å². The summed E-state index contributed by atoms with van der Waals surface area (Å²) in [5.41, 5.74) is 1.11. The number of piperidine rings is 1. The van der Waals surface area contributed by atoms with E-state index >= 15 is 0 Å². The second-order valence-corrected chi connectivity index (χ2v) is 7.48. The first-order valence-corrected chi connectivity index (χ1v) is 9.43. The number of amides is 1. The molecule has 1 N–H and O–H groups in total. The van der Waals surface area contributed by atoms with Crippen molar-refractivity contribution in [3.05, 3.63) is 29.8 Å². The van der Waals surface area contributed by atoms with Crippen molar-refractivity contribution >= 4 is 16.1 Å². The Hall–Kier alpha value is -1.60. The molecule has 0 spiro atoms. The lowest BCUT2D eigenvalue weighted by atomic mass is 10.1. The Morgan fingerprint density at radius 3 is 2.35 bits per heavy atom. The molecular weight excluding hydrogens is 316 g/mol. The van der Waals surface area contributed by atoms with Crippen molar-refractivity contribution in [2.24, 2.45) is 0 Å². The number of carbonyl (C=O) groups is 1. The molecule has 23 heavy (non-hydrogen) atoms. The number of hydrogen-bond donors (Lipinski definition) is 1. The van der Waals surface area contributed by atoms with Crippen LogP contribution in [0.1, 0.15) is 32.3 Å². The molecule has 2 rings (SSSR count). The second kappa shape index (κ2) is 7.79. The molecule has 1 amide bonds. The van der Waals surface area contributed by atoms with Gasteiger partial charge in [-0.15, -0.1) is 0 Å². The molecule has 1 aromatic carbocycles. The highest BCUT2D eigenvalue weighted by Crippen LogP contribution is 2.21. The lowest BCUT2D eigenvalue weighted by molar-refractivity contribution is 0.143. The molecule has 1 saturated heterocycles. The summed E-state index contributed by atoms with van der Waals surface area (Å²) in [5.74, 6) is 0. The number of alkyl carbamates (subject to hydrolysis) is 1. The van der Waals surface area contributed by atoms with Crippen LogP contribution in [0.2, 0.25) is 0 Å². The van der Waals surface area contributed by atoms with Gasteiger partial charge in [-0.25, -0.2) is 13.2 Å². The summed E-state index contributed by atoms with van der Waals surface area (Å²) in [5, 5.41) is 2.76. The van der Waals surface area contributed by atoms with Crippen LogP contribution in [0.15, 0.2) is 29.2 Å². The van der Waals surface area contributed by atoms with E-state index in [1.54, 1.807) is 19.1 Å². The molecule has 0 unspecified atom stereocenters. The van der Waals surface area contributed by atoms with Gasteiger partial charge < -0.3 is 10.1 Å². The van der Waals surface area contributed by atoms with E-state index in [9.17, 15) is 13.2 Å². The smallest absolute Gasteiger partial charge is 0.407 e. The van der Waals surface area contributed by atoms with E-state index in [1.807, 2.05) is 19.1 Å². The van der Waals surface area contributed by atoms with Crippen molar-refractivity contribution in [1.82, 2.24) is 9.62 Å². The molecule has 7 heteroatoms. The molecule has 0 aromatic heterocycles. The molecule has 0 radical (unpaired) electrons. The fraction of sp³-hybridized carbons (Fsp3) is 0.562. The van der Waals surface area contributed by atoms with E-state index in [0.29, 0.717) is 37.4 Å². The predicted octanol–water partition coefficient (Wildman–Crippen LogP) is 2.15. The lowest BCUT2D eigenvalue weighted by Gasteiger charge is -2.31. The summed E-state index contributed by atoms with van der Waals surface area (Å²) in [6.45, 7) is 4.90. The highest BCUT2D eigenvalue weighted by atomic mass is 32.2. The Morgan fingerprint density at radius 1 is 1.22 bits per heavy atom. The van der Waals surface area contributed by atoms with Crippen molar-refractivity contribution in [3.8, 4) is 0 Å². The Morgan fingerprint density at radius 2 is 1.83 bits per heavy atom. The maximum Gasteiger partial charge on any atom is 0.407 e. The van der Waals surface area contributed by atoms with Gasteiger partial charge in [0.2, 0.25) is 10.0 Å². The maximum atomic E-state index is 12.6. The molecule has 0 bridgehead atoms. The van der Waals surface area contributed by atoms with E-state index < -0.39 is 16.1 Å². The number of carbonyl (C=O) groups excluding carboxylic acids is 1. The van der Waals surface area contributed by atoms with E-state index in [2.05, 4.69) is 5.32 Å². The first-order chi connectivity index (χ1) is 11.0. The highest BCUT2D eigenvalue weighted by Gasteiger charge is 2.30. The van der Waals surface area contributed by atoms with Gasteiger partial charge in [0.05, 0.1) is 11.5 Å². The average Bonchev–Trinajstić information content (AvgIpc) is 2.55. The quantitative estimate of drug-likeness (QED) is 0.891. The molecule has 128 valence electrons. The Balaban J connectivity index is 1.96. The maximum absolute atomic E-state index is 12.6. The van der Waals surface area contributed by atoms with Crippen LogP contribution in [-0.4, -0.2) is 44.6 Å². The molecule has 1 heterocycles. The minimum Gasteiger partial charge on any atom is -0.450 e. The molecule has 1 aromatic rings. The molecular formula is C16H24N2O4S. The number of rotatable bonds is 5. The molecule has 1 aliphatic rings. The zero-order chi connectivity index (χ0) is 16.9. The molecule has 1 fully saturated rings. The van der Waals surface area contributed by atoms with E-state index in [-0.39, 0.29) is 6.04 Å². The van der Waals surface area contributed by atoms with Gasteiger partial charge in [0, 0.05) is 19.1 Å². The van der Waals surface area contributed by atoms with Crippen LogP contribution in [0.4, 0.5) is 4.79 Å². The van der Waals surface area contributed by atoms with Crippen LogP contribution in [0, 0.1) is 0 Å². The third-order valence-electron chi connectivity index (χ3n) is 4.02. The summed E-state index contributed by atoms with van der Waals surface area (Å²) >= 11 is 0. The zero-order valence-electron chi connectivity index (χ0n) is 13.6. The molecule has 6 nitrogen and oxygen atoms in total. The zero-order valence-corrected chi connectivity index (χ0v) is 14.4. The monoisotopic (exact) mass is 340 g/mol. The standard InChI is InChI=1S/C16H24N2O4S/c1-3-13-5-7-15(8-6-13)23(20,21)18-11-9-14(10-12-18)17-16(19)22-4-2/h5-8,14H,3-4,9-12H2,1-2H3,(H,17,19). The topological polar surface area (TPSA) is 75.7 Å². The normalized spacial score (nSPS) is 17.0. The second-order valence-electron chi connectivity index (χ2n) is 5.54. The SMILES string of the molecule is CCOC(=O)NC1CCN(S(=O)(=O)c2ccc(CC)cc2)CC1. The summed E-state index contributed by atoms with van der Waals surface area (Å²) in [7, 11) is -3.46. The fourth-order valence-corrected chi connectivity index (χ4v) is 4.10. The van der Waals surface area contributed by atoms with E-state index in [0.717, 1.165) is 12.0 Å². The van der Waals surface area contributed by atoms with Gasteiger partial charge in [-0.3, -0.25) is 0 Å². The summed E-state index contributed by atoms with van der Waals surface area (Å²) in [6.07, 6.45) is 1.62. The molecule has 1 aliphatic heterocycles. The third-order valence-corrected chi connectivity index (χ3v) is 5.93. The van der Waals surface area contributed by atoms with Gasteiger partial charge in [0.1, 0.15) is 0 Å². The third kappa shape index (κ3) is 4.45. The van der Waals surface area contributed by atoms with Crippen molar-refractivity contribution in [1.29, 1.82) is 0 Å². The molecule has 0 atom stereocenters. The lowest BCUT2D eigenvalue weighted by Crippen LogP contribution is -2.46. The van der Waals surface area contributed by atoms with Crippen LogP contribution in [0.5, 0.6) is 0 Å². The first-order valence-electron chi connectivity index (χ1n) is 7.99. The summed E-state index contributed by atoms with van der Waals surface area (Å²) in [4.78, 5) is 11.7. The van der Waals surface area contributed by atoms with Crippen LogP contribution >= 0.6 is 0 Å². The molecule has 0 aliphatic carbocycles. The Labute approximate surface area is 137 Å². The largest absolute Gasteiger partial charge is 0.450 e. The van der Waals surface area contributed by atoms with Gasteiger partial charge >= 0.3 is 6.09 Å². The minimum atomic E-state index is -3.46. The minimum absolute atomic E-state index is 0.0389. The van der Waals surface area contributed by atoms with Crippen LogP contribution in [0.25, 0.3) is 0 Å². The number of ether oxygens (including phenoxy) is 1. The number of nitrogens with zero attached hydrogens (tertiary/aromatic N) is 1. The van der Waals surface area contributed by atoms with Gasteiger partial charge in [0.25, 0.3) is 0 Å². The van der Waals surface area contributed by atoms with Crippen molar-refractivity contribution in [2.75, 3.05) is 19.7 Å². The number of benzene rings is 1. The number of hydrogen-bond acceptors (Lipinski definition) is 4. The first kappa shape index (κ1) is 17.7. The van der Waals surface area contributed by atoms with Gasteiger partial charge in [-0.2, -0.15) is 4.31 Å². The summed E-state index contributed by atoms with van der Waals surface area (Å²) < 4.78 is 31.6. The van der Waals surface area contributed by atoms with Gasteiger partial charge in [-0.05, 0) is 43.9 Å². The van der Waals surface area contributed by atoms with Gasteiger partial charge in [0.15, 0.2) is 0 Å². The van der Waals surface area contributed by atoms with Crippen LogP contribution in [0.3, 0.4) is 0 Å². The van der Waals surface area contributed by atoms with Crippen molar-refractivity contribution in [3.63, 3.8) is 0 Å². The van der Waals surface area contributed by atoms with Crippen LogP contribution < -0.4 is 5.32 Å². The highest BCUT2D eigenvalue weighted by molar-refractivity contribution is 7.89. The summed E-state index contributed by atoms with van der Waals surface area (Å²) in [6, 6.07) is 6.99. The Kier molecular flexibility index (Phi) is 6.01. The number of aryl methyl sites for hydroxylation is 1. The predicted molar refractivity (Wildman–Crippen MR) is 87.8 cm³/mol. The Bertz CT molecular complexity index is 620. The van der Waals surface area contributed by atoms with Crippen molar-refractivity contribution < 1.29 is 17.9 Å².